The van der Waals surface area contributed by atoms with E-state index in [0.717, 1.165) is 16.9 Å². The van der Waals surface area contributed by atoms with Crippen molar-refractivity contribution in [2.45, 2.75) is 25.8 Å². The first-order valence-corrected chi connectivity index (χ1v) is 12.0. The topological polar surface area (TPSA) is 118 Å². The summed E-state index contributed by atoms with van der Waals surface area (Å²) in [5.41, 5.74) is 2.33. The van der Waals surface area contributed by atoms with E-state index in [-0.39, 0.29) is 18.2 Å². The SMILES string of the molecule is CCOc1ccc(-c2n[nH]c(=S)n2CC(=O)NCc2ccc(CS(=O)(=O)NC)cc2)cc1. The Hall–Kier alpha value is -3.02. The summed E-state index contributed by atoms with van der Waals surface area (Å²) >= 11 is 5.29. The molecule has 0 aliphatic carbocycles. The summed E-state index contributed by atoms with van der Waals surface area (Å²) in [5, 5.41) is 9.83. The Bertz CT molecular complexity index is 1220. The molecule has 170 valence electrons. The lowest BCUT2D eigenvalue weighted by Crippen LogP contribution is -2.27. The number of hydrogen-bond acceptors (Lipinski definition) is 6. The zero-order valence-electron chi connectivity index (χ0n) is 17.8. The van der Waals surface area contributed by atoms with Gasteiger partial charge in [0.05, 0.1) is 12.4 Å². The van der Waals surface area contributed by atoms with Crippen LogP contribution < -0.4 is 14.8 Å². The number of aromatic nitrogens is 3. The molecule has 0 radical (unpaired) electrons. The summed E-state index contributed by atoms with van der Waals surface area (Å²) in [6.07, 6.45) is 0. The third-order valence-corrected chi connectivity index (χ3v) is 6.31. The van der Waals surface area contributed by atoms with Gasteiger partial charge in [0.1, 0.15) is 12.3 Å². The molecular formula is C21H25N5O4S2. The van der Waals surface area contributed by atoms with Crippen LogP contribution in [0, 0.1) is 4.77 Å². The molecule has 11 heteroatoms. The number of sulfonamides is 1. The Labute approximate surface area is 191 Å². The summed E-state index contributed by atoms with van der Waals surface area (Å²) in [6, 6.07) is 14.4. The predicted molar refractivity (Wildman–Crippen MR) is 124 cm³/mol. The van der Waals surface area contributed by atoms with Crippen LogP contribution in [0.15, 0.2) is 48.5 Å². The molecule has 0 saturated heterocycles. The van der Waals surface area contributed by atoms with Crippen molar-refractivity contribution in [3.63, 3.8) is 0 Å². The first kappa shape index (κ1) is 23.6. The van der Waals surface area contributed by atoms with Crippen LogP contribution in [0.25, 0.3) is 11.4 Å². The number of H-pyrrole nitrogens is 1. The molecule has 0 unspecified atom stereocenters. The average Bonchev–Trinajstić information content (AvgIpc) is 3.14. The smallest absolute Gasteiger partial charge is 0.240 e. The molecule has 3 aromatic rings. The molecule has 0 bridgehead atoms. The fourth-order valence-corrected chi connectivity index (χ4v) is 3.97. The summed E-state index contributed by atoms with van der Waals surface area (Å²) in [6.45, 7) is 2.81. The van der Waals surface area contributed by atoms with Crippen molar-refractivity contribution in [2.75, 3.05) is 13.7 Å². The van der Waals surface area contributed by atoms with Crippen molar-refractivity contribution >= 4 is 28.1 Å². The molecule has 1 amide bonds. The van der Waals surface area contributed by atoms with Crippen molar-refractivity contribution in [2.24, 2.45) is 0 Å². The van der Waals surface area contributed by atoms with Gasteiger partial charge in [-0.2, -0.15) is 5.10 Å². The van der Waals surface area contributed by atoms with Gasteiger partial charge in [-0.3, -0.25) is 14.5 Å². The molecule has 9 nitrogen and oxygen atoms in total. The summed E-state index contributed by atoms with van der Waals surface area (Å²) in [7, 11) is -1.94. The highest BCUT2D eigenvalue weighted by Crippen LogP contribution is 2.21. The number of carbonyl (C=O) groups is 1. The van der Waals surface area contributed by atoms with Crippen molar-refractivity contribution in [3.05, 3.63) is 64.4 Å². The van der Waals surface area contributed by atoms with E-state index in [1.807, 2.05) is 31.2 Å². The maximum atomic E-state index is 12.5. The van der Waals surface area contributed by atoms with E-state index in [4.69, 9.17) is 17.0 Å². The van der Waals surface area contributed by atoms with E-state index in [2.05, 4.69) is 20.2 Å². The van der Waals surface area contributed by atoms with Crippen LogP contribution >= 0.6 is 12.2 Å². The van der Waals surface area contributed by atoms with Crippen LogP contribution in [0.4, 0.5) is 0 Å². The molecule has 0 atom stereocenters. The normalized spacial score (nSPS) is 11.3. The van der Waals surface area contributed by atoms with Gasteiger partial charge in [0.2, 0.25) is 15.9 Å². The number of nitrogens with one attached hydrogen (secondary N) is 3. The molecule has 3 rings (SSSR count). The minimum absolute atomic E-state index is 0.0103. The average molecular weight is 476 g/mol. The molecule has 1 heterocycles. The largest absolute Gasteiger partial charge is 0.494 e. The van der Waals surface area contributed by atoms with Gasteiger partial charge in [-0.15, -0.1) is 0 Å². The molecule has 3 N–H and O–H groups in total. The summed E-state index contributed by atoms with van der Waals surface area (Å²) < 4.78 is 33.0. The lowest BCUT2D eigenvalue weighted by atomic mass is 10.1. The van der Waals surface area contributed by atoms with Gasteiger partial charge in [-0.1, -0.05) is 24.3 Å². The monoisotopic (exact) mass is 475 g/mol. The van der Waals surface area contributed by atoms with Crippen molar-refractivity contribution in [1.82, 2.24) is 24.8 Å². The van der Waals surface area contributed by atoms with Crippen LogP contribution in [0.3, 0.4) is 0 Å². The van der Waals surface area contributed by atoms with Crippen LogP contribution in [0.2, 0.25) is 0 Å². The first-order valence-electron chi connectivity index (χ1n) is 9.95. The third kappa shape index (κ3) is 6.25. The fraction of sp³-hybridized carbons (Fsp3) is 0.286. The van der Waals surface area contributed by atoms with E-state index in [0.29, 0.717) is 29.3 Å². The molecule has 0 saturated carbocycles. The number of hydrogen-bond donors (Lipinski definition) is 3. The lowest BCUT2D eigenvalue weighted by Gasteiger charge is -2.10. The van der Waals surface area contributed by atoms with Gasteiger partial charge in [-0.05, 0) is 61.6 Å². The van der Waals surface area contributed by atoms with E-state index < -0.39 is 10.0 Å². The molecule has 0 spiro atoms. The molecule has 0 aliphatic heterocycles. The minimum Gasteiger partial charge on any atom is -0.494 e. The summed E-state index contributed by atoms with van der Waals surface area (Å²) in [4.78, 5) is 12.5. The number of nitrogens with zero attached hydrogens (tertiary/aromatic N) is 2. The third-order valence-electron chi connectivity index (χ3n) is 4.66. The van der Waals surface area contributed by atoms with Gasteiger partial charge in [0.15, 0.2) is 10.6 Å². The standard InChI is InChI=1S/C21H25N5O4S2/c1-3-30-18-10-8-17(9-11-18)20-24-25-21(31)26(20)13-19(27)23-12-15-4-6-16(7-5-15)14-32(28,29)22-2/h4-11,22H,3,12-14H2,1-2H3,(H,23,27)(H,25,31). The van der Waals surface area contributed by atoms with Crippen molar-refractivity contribution in [1.29, 1.82) is 0 Å². The van der Waals surface area contributed by atoms with Crippen molar-refractivity contribution < 1.29 is 17.9 Å². The van der Waals surface area contributed by atoms with Crippen LogP contribution in [-0.2, 0) is 33.7 Å². The predicted octanol–water partition coefficient (Wildman–Crippen LogP) is 2.37. The highest BCUT2D eigenvalue weighted by Gasteiger charge is 2.13. The van der Waals surface area contributed by atoms with E-state index in [1.54, 1.807) is 28.8 Å². The van der Waals surface area contributed by atoms with Gasteiger partial charge < -0.3 is 10.1 Å². The highest BCUT2D eigenvalue weighted by atomic mass is 32.2. The Kier molecular flexibility index (Phi) is 7.78. The second-order valence-corrected chi connectivity index (χ2v) is 9.27. The van der Waals surface area contributed by atoms with Crippen molar-refractivity contribution in [3.8, 4) is 17.1 Å². The molecule has 1 aromatic heterocycles. The van der Waals surface area contributed by atoms with E-state index in [1.165, 1.54) is 7.05 Å². The van der Waals surface area contributed by atoms with Crippen LogP contribution in [0.1, 0.15) is 18.1 Å². The number of carbonyl (C=O) groups excluding carboxylic acids is 1. The van der Waals surface area contributed by atoms with E-state index >= 15 is 0 Å². The molecule has 0 aliphatic rings. The molecule has 2 aromatic carbocycles. The zero-order chi connectivity index (χ0) is 23.1. The highest BCUT2D eigenvalue weighted by molar-refractivity contribution is 7.88. The fourth-order valence-electron chi connectivity index (χ4n) is 3.00. The lowest BCUT2D eigenvalue weighted by molar-refractivity contribution is -0.121. The Morgan fingerprint density at radius 2 is 1.78 bits per heavy atom. The van der Waals surface area contributed by atoms with Crippen LogP contribution in [0.5, 0.6) is 5.75 Å². The molecular weight excluding hydrogens is 450 g/mol. The molecule has 0 fully saturated rings. The number of ether oxygens (including phenoxy) is 1. The first-order chi connectivity index (χ1) is 15.3. The zero-order valence-corrected chi connectivity index (χ0v) is 19.4. The number of amides is 1. The maximum absolute atomic E-state index is 12.5. The van der Waals surface area contributed by atoms with Gasteiger partial charge in [0.25, 0.3) is 0 Å². The Balaban J connectivity index is 1.62. The van der Waals surface area contributed by atoms with Gasteiger partial charge in [0, 0.05) is 12.1 Å². The number of benzene rings is 2. The second kappa shape index (κ2) is 10.5. The quantitative estimate of drug-likeness (QED) is 0.388. The molecule has 32 heavy (non-hydrogen) atoms. The summed E-state index contributed by atoms with van der Waals surface area (Å²) in [5.74, 6) is 0.993. The van der Waals surface area contributed by atoms with Gasteiger partial charge >= 0.3 is 0 Å². The Morgan fingerprint density at radius 1 is 1.12 bits per heavy atom. The second-order valence-electron chi connectivity index (χ2n) is 6.95. The number of aromatic amines is 1. The van der Waals surface area contributed by atoms with Crippen LogP contribution in [-0.4, -0.2) is 42.7 Å². The number of rotatable bonds is 10. The van der Waals surface area contributed by atoms with E-state index in [9.17, 15) is 13.2 Å². The Morgan fingerprint density at radius 3 is 2.41 bits per heavy atom. The van der Waals surface area contributed by atoms with Gasteiger partial charge in [-0.25, -0.2) is 13.1 Å². The minimum atomic E-state index is -3.32. The maximum Gasteiger partial charge on any atom is 0.240 e.